The topological polar surface area (TPSA) is 74.2 Å². The molecule has 0 spiro atoms. The van der Waals surface area contributed by atoms with Crippen molar-refractivity contribution >= 4 is 34.1 Å². The summed E-state index contributed by atoms with van der Waals surface area (Å²) in [5.41, 5.74) is 1.08. The van der Waals surface area contributed by atoms with E-state index >= 15 is 0 Å². The minimum Gasteiger partial charge on any atom is -0.353 e. The fourth-order valence-corrected chi connectivity index (χ4v) is 4.25. The third-order valence-corrected chi connectivity index (χ3v) is 5.92. The number of anilines is 3. The fraction of sp³-hybridized carbons (Fsp3) is 0.231. The molecular weight excluding hydrogens is 412 g/mol. The molecule has 0 bridgehead atoms. The highest BCUT2D eigenvalue weighted by molar-refractivity contribution is 5.90. The molecule has 7 nitrogen and oxygen atoms in total. The van der Waals surface area contributed by atoms with E-state index in [1.54, 1.807) is 6.20 Å². The third kappa shape index (κ3) is 4.77. The maximum atomic E-state index is 13.0. The van der Waals surface area contributed by atoms with Crippen molar-refractivity contribution in [3.63, 3.8) is 0 Å². The average molecular weight is 439 g/mol. The van der Waals surface area contributed by atoms with Gasteiger partial charge in [-0.3, -0.25) is 4.79 Å². The van der Waals surface area contributed by atoms with Crippen LogP contribution < -0.4 is 10.2 Å². The van der Waals surface area contributed by atoms with Gasteiger partial charge in [0.05, 0.1) is 6.42 Å². The van der Waals surface area contributed by atoms with Gasteiger partial charge in [0.25, 0.3) is 0 Å². The van der Waals surface area contributed by atoms with Gasteiger partial charge in [-0.05, 0) is 35.4 Å². The Morgan fingerprint density at radius 1 is 0.909 bits per heavy atom. The van der Waals surface area contributed by atoms with Gasteiger partial charge < -0.3 is 15.1 Å². The lowest BCUT2D eigenvalue weighted by molar-refractivity contribution is -0.130. The fourth-order valence-electron chi connectivity index (χ4n) is 4.25. The molecule has 3 heterocycles. The van der Waals surface area contributed by atoms with Gasteiger partial charge in [0, 0.05) is 38.4 Å². The number of piperazine rings is 1. The number of carbonyl (C=O) groups is 1. The van der Waals surface area contributed by atoms with Crippen LogP contribution in [0.5, 0.6) is 0 Å². The molecule has 1 aliphatic heterocycles. The second kappa shape index (κ2) is 9.24. The van der Waals surface area contributed by atoms with Crippen molar-refractivity contribution in [1.82, 2.24) is 19.9 Å². The van der Waals surface area contributed by atoms with Gasteiger partial charge in [0.2, 0.25) is 5.91 Å². The summed E-state index contributed by atoms with van der Waals surface area (Å²) in [6.07, 6.45) is 2.16. The predicted molar refractivity (Wildman–Crippen MR) is 131 cm³/mol. The summed E-state index contributed by atoms with van der Waals surface area (Å²) in [6.45, 7) is 4.71. The van der Waals surface area contributed by atoms with Crippen LogP contribution >= 0.6 is 0 Å². The smallest absolute Gasteiger partial charge is 0.227 e. The van der Waals surface area contributed by atoms with E-state index in [1.165, 1.54) is 5.39 Å². The van der Waals surface area contributed by atoms with E-state index in [0.29, 0.717) is 31.2 Å². The lowest BCUT2D eigenvalue weighted by Crippen LogP contribution is -2.49. The average Bonchev–Trinajstić information content (AvgIpc) is 2.85. The van der Waals surface area contributed by atoms with E-state index in [2.05, 4.69) is 49.4 Å². The third-order valence-electron chi connectivity index (χ3n) is 5.92. The van der Waals surface area contributed by atoms with E-state index in [0.717, 1.165) is 35.7 Å². The number of benzene rings is 2. The number of nitrogens with one attached hydrogen (secondary N) is 1. The summed E-state index contributed by atoms with van der Waals surface area (Å²) < 4.78 is 0. The lowest BCUT2D eigenvalue weighted by Gasteiger charge is -2.35. The molecule has 0 radical (unpaired) electrons. The maximum Gasteiger partial charge on any atom is 0.227 e. The number of nitrogens with zero attached hydrogens (tertiary/aromatic N) is 5. The van der Waals surface area contributed by atoms with Crippen molar-refractivity contribution in [1.29, 1.82) is 0 Å². The Hall–Kier alpha value is -4.00. The molecule has 5 rings (SSSR count). The number of aryl methyl sites for hydroxylation is 1. The van der Waals surface area contributed by atoms with Crippen molar-refractivity contribution in [2.75, 3.05) is 36.4 Å². The van der Waals surface area contributed by atoms with E-state index in [1.807, 2.05) is 54.3 Å². The molecule has 1 saturated heterocycles. The molecule has 33 heavy (non-hydrogen) atoms. The van der Waals surface area contributed by atoms with Crippen LogP contribution in [0.2, 0.25) is 0 Å². The summed E-state index contributed by atoms with van der Waals surface area (Å²) in [5, 5.41) is 5.56. The van der Waals surface area contributed by atoms with Gasteiger partial charge in [-0.15, -0.1) is 0 Å². The first-order chi connectivity index (χ1) is 16.2. The Morgan fingerprint density at radius 2 is 1.70 bits per heavy atom. The molecule has 0 atom stereocenters. The second-order valence-electron chi connectivity index (χ2n) is 8.18. The monoisotopic (exact) mass is 438 g/mol. The van der Waals surface area contributed by atoms with Crippen LogP contribution in [0.3, 0.4) is 0 Å². The molecule has 4 aromatic rings. The van der Waals surface area contributed by atoms with E-state index in [-0.39, 0.29) is 5.91 Å². The van der Waals surface area contributed by atoms with Crippen molar-refractivity contribution in [3.8, 4) is 0 Å². The number of hydrogen-bond acceptors (Lipinski definition) is 6. The Kier molecular flexibility index (Phi) is 5.85. The van der Waals surface area contributed by atoms with Crippen LogP contribution in [0.1, 0.15) is 11.4 Å². The quantitative estimate of drug-likeness (QED) is 0.508. The Labute approximate surface area is 193 Å². The summed E-state index contributed by atoms with van der Waals surface area (Å²) >= 11 is 0. The summed E-state index contributed by atoms with van der Waals surface area (Å²) in [6, 6.07) is 22.0. The van der Waals surface area contributed by atoms with Crippen LogP contribution in [0.25, 0.3) is 10.8 Å². The van der Waals surface area contributed by atoms with Crippen LogP contribution in [0.15, 0.2) is 72.9 Å². The van der Waals surface area contributed by atoms with Crippen molar-refractivity contribution in [2.24, 2.45) is 0 Å². The normalized spacial score (nSPS) is 13.8. The standard InChI is InChI=1S/C26H26N6O/c1-19-28-24(30-23-11-4-5-12-27-23)18-25(29-19)31-13-15-32(16-14-31)26(33)17-21-9-6-8-20-7-2-3-10-22(20)21/h2-12,18H,13-17H2,1H3,(H,27,28,29,30). The number of carbonyl (C=O) groups excluding carboxylic acids is 1. The number of aromatic nitrogens is 3. The molecule has 7 heteroatoms. The zero-order chi connectivity index (χ0) is 22.6. The zero-order valence-corrected chi connectivity index (χ0v) is 18.6. The Balaban J connectivity index is 1.24. The first kappa shape index (κ1) is 20.9. The second-order valence-corrected chi connectivity index (χ2v) is 8.18. The molecule has 1 N–H and O–H groups in total. The summed E-state index contributed by atoms with van der Waals surface area (Å²) in [7, 11) is 0. The number of hydrogen-bond donors (Lipinski definition) is 1. The van der Waals surface area contributed by atoms with Crippen LogP contribution in [-0.4, -0.2) is 51.9 Å². The molecule has 0 unspecified atom stereocenters. The van der Waals surface area contributed by atoms with Gasteiger partial charge in [0.15, 0.2) is 0 Å². The highest BCUT2D eigenvalue weighted by Gasteiger charge is 2.23. The molecule has 166 valence electrons. The Bertz CT molecular complexity index is 1260. The van der Waals surface area contributed by atoms with Gasteiger partial charge in [-0.1, -0.05) is 48.5 Å². The van der Waals surface area contributed by atoms with Gasteiger partial charge in [-0.2, -0.15) is 0 Å². The minimum atomic E-state index is 0.169. The number of amides is 1. The van der Waals surface area contributed by atoms with Crippen molar-refractivity contribution < 1.29 is 4.79 Å². The van der Waals surface area contributed by atoms with Crippen LogP contribution in [0, 0.1) is 6.92 Å². The first-order valence-electron chi connectivity index (χ1n) is 11.2. The summed E-state index contributed by atoms with van der Waals surface area (Å²) in [4.78, 5) is 30.6. The number of pyridine rings is 1. The SMILES string of the molecule is Cc1nc(Nc2ccccn2)cc(N2CCN(C(=O)Cc3cccc4ccccc34)CC2)n1. The Morgan fingerprint density at radius 3 is 2.52 bits per heavy atom. The lowest BCUT2D eigenvalue weighted by atomic mass is 10.0. The van der Waals surface area contributed by atoms with E-state index in [4.69, 9.17) is 0 Å². The number of rotatable bonds is 5. The van der Waals surface area contributed by atoms with Crippen LogP contribution in [0.4, 0.5) is 17.5 Å². The molecule has 1 amide bonds. The van der Waals surface area contributed by atoms with Gasteiger partial charge in [0.1, 0.15) is 23.3 Å². The minimum absolute atomic E-state index is 0.169. The van der Waals surface area contributed by atoms with E-state index in [9.17, 15) is 4.79 Å². The molecule has 2 aromatic heterocycles. The molecule has 2 aromatic carbocycles. The molecule has 0 aliphatic carbocycles. The predicted octanol–water partition coefficient (Wildman–Crippen LogP) is 3.97. The molecule has 0 saturated carbocycles. The molecular formula is C26H26N6O. The zero-order valence-electron chi connectivity index (χ0n) is 18.6. The maximum absolute atomic E-state index is 13.0. The molecule has 1 aliphatic rings. The first-order valence-corrected chi connectivity index (χ1v) is 11.2. The van der Waals surface area contributed by atoms with Crippen molar-refractivity contribution in [3.05, 3.63) is 84.3 Å². The van der Waals surface area contributed by atoms with Crippen LogP contribution in [-0.2, 0) is 11.2 Å². The highest BCUT2D eigenvalue weighted by atomic mass is 16.2. The largest absolute Gasteiger partial charge is 0.353 e. The highest BCUT2D eigenvalue weighted by Crippen LogP contribution is 2.22. The number of fused-ring (bicyclic) bond motifs is 1. The van der Waals surface area contributed by atoms with E-state index < -0.39 is 0 Å². The van der Waals surface area contributed by atoms with Gasteiger partial charge in [-0.25, -0.2) is 15.0 Å². The van der Waals surface area contributed by atoms with Crippen molar-refractivity contribution in [2.45, 2.75) is 13.3 Å². The van der Waals surface area contributed by atoms with Gasteiger partial charge >= 0.3 is 0 Å². The summed E-state index contributed by atoms with van der Waals surface area (Å²) in [5.74, 6) is 3.18. The molecule has 1 fully saturated rings.